The molecule has 3 rings (SSSR count). The molecule has 1 N–H and O–H groups in total. The third-order valence-corrected chi connectivity index (χ3v) is 7.16. The number of amides is 1. The minimum atomic E-state index is -4.04. The number of anilines is 1. The highest BCUT2D eigenvalue weighted by molar-refractivity contribution is 7.92. The van der Waals surface area contributed by atoms with E-state index in [1.54, 1.807) is 36.4 Å². The van der Waals surface area contributed by atoms with E-state index in [0.29, 0.717) is 23.1 Å². The van der Waals surface area contributed by atoms with Gasteiger partial charge in [0, 0.05) is 5.02 Å². The van der Waals surface area contributed by atoms with Crippen molar-refractivity contribution in [2.75, 3.05) is 24.6 Å². The van der Waals surface area contributed by atoms with Gasteiger partial charge in [0.1, 0.15) is 18.0 Å². The zero-order valence-electron chi connectivity index (χ0n) is 19.2. The van der Waals surface area contributed by atoms with Crippen molar-refractivity contribution in [2.45, 2.75) is 24.8 Å². The van der Waals surface area contributed by atoms with Gasteiger partial charge >= 0.3 is 0 Å². The lowest BCUT2D eigenvalue weighted by molar-refractivity contribution is -0.120. The van der Waals surface area contributed by atoms with Gasteiger partial charge in [-0.25, -0.2) is 8.42 Å². The highest BCUT2D eigenvalue weighted by Gasteiger charge is 2.28. The second kappa shape index (κ2) is 11.3. The van der Waals surface area contributed by atoms with Gasteiger partial charge in [-0.15, -0.1) is 0 Å². The van der Waals surface area contributed by atoms with Crippen molar-refractivity contribution >= 4 is 33.2 Å². The molecule has 0 spiro atoms. The highest BCUT2D eigenvalue weighted by atomic mass is 35.5. The molecule has 0 heterocycles. The summed E-state index contributed by atoms with van der Waals surface area (Å²) >= 11 is 5.98. The normalized spacial score (nSPS) is 12.0. The molecule has 0 aromatic heterocycles. The number of carbonyl (C=O) groups excluding carboxylic acids is 1. The Balaban J connectivity index is 1.83. The van der Waals surface area contributed by atoms with Crippen molar-refractivity contribution in [3.63, 3.8) is 0 Å². The van der Waals surface area contributed by atoms with Crippen LogP contribution in [0.15, 0.2) is 77.7 Å². The Hall–Kier alpha value is -3.23. The van der Waals surface area contributed by atoms with Crippen molar-refractivity contribution in [1.82, 2.24) is 5.32 Å². The van der Waals surface area contributed by atoms with Crippen molar-refractivity contribution in [2.24, 2.45) is 0 Å². The molecule has 34 heavy (non-hydrogen) atoms. The van der Waals surface area contributed by atoms with Crippen LogP contribution in [0, 0.1) is 0 Å². The van der Waals surface area contributed by atoms with E-state index in [-0.39, 0.29) is 10.9 Å². The lowest BCUT2D eigenvalue weighted by Gasteiger charge is -2.25. The molecule has 0 unspecified atom stereocenters. The molecule has 180 valence electrons. The van der Waals surface area contributed by atoms with Gasteiger partial charge in [-0.05, 0) is 80.1 Å². The lowest BCUT2D eigenvalue weighted by Crippen LogP contribution is -2.41. The zero-order chi connectivity index (χ0) is 24.7. The van der Waals surface area contributed by atoms with Crippen LogP contribution in [0.4, 0.5) is 5.69 Å². The molecule has 0 bridgehead atoms. The molecule has 3 aromatic rings. The van der Waals surface area contributed by atoms with Crippen molar-refractivity contribution in [3.05, 3.63) is 83.4 Å². The third kappa shape index (κ3) is 6.21. The van der Waals surface area contributed by atoms with Gasteiger partial charge in [-0.3, -0.25) is 9.10 Å². The molecule has 0 aliphatic carbocycles. The van der Waals surface area contributed by atoms with Crippen molar-refractivity contribution in [1.29, 1.82) is 0 Å². The van der Waals surface area contributed by atoms with E-state index >= 15 is 0 Å². The quantitative estimate of drug-likeness (QED) is 0.429. The molecule has 3 aromatic carbocycles. The van der Waals surface area contributed by atoms with E-state index in [0.717, 1.165) is 15.6 Å². The zero-order valence-corrected chi connectivity index (χ0v) is 20.8. The maximum absolute atomic E-state index is 13.5. The number of carbonyl (C=O) groups is 1. The van der Waals surface area contributed by atoms with Crippen LogP contribution >= 0.6 is 11.6 Å². The monoisotopic (exact) mass is 502 g/mol. The number of ether oxygens (including phenoxy) is 2. The second-order valence-corrected chi connectivity index (χ2v) is 9.75. The first kappa shape index (κ1) is 25.4. The smallest absolute Gasteiger partial charge is 0.264 e. The summed E-state index contributed by atoms with van der Waals surface area (Å²) in [4.78, 5) is 13.0. The third-order valence-electron chi connectivity index (χ3n) is 5.12. The van der Waals surface area contributed by atoms with Gasteiger partial charge in [-0.1, -0.05) is 23.7 Å². The molecule has 7 nitrogen and oxygen atoms in total. The Bertz CT molecular complexity index is 1200. The average molecular weight is 503 g/mol. The number of methoxy groups -OCH3 is 1. The van der Waals surface area contributed by atoms with Gasteiger partial charge in [0.05, 0.1) is 30.3 Å². The molecule has 1 atom stereocenters. The van der Waals surface area contributed by atoms with Gasteiger partial charge < -0.3 is 14.8 Å². The average Bonchev–Trinajstić information content (AvgIpc) is 2.84. The van der Waals surface area contributed by atoms with E-state index in [1.807, 2.05) is 38.1 Å². The maximum atomic E-state index is 13.5. The molecule has 0 aliphatic rings. The number of halogens is 1. The Labute approximate surface area is 205 Å². The summed E-state index contributed by atoms with van der Waals surface area (Å²) < 4.78 is 38.6. The SMILES string of the molecule is CCOc1ccc([C@H](C)NC(=O)CN(c2ccc(Cl)cc2)S(=O)(=O)c2ccc(OC)cc2)cc1. The molecule has 0 saturated heterocycles. The fourth-order valence-electron chi connectivity index (χ4n) is 3.32. The van der Waals surface area contributed by atoms with Crippen LogP contribution < -0.4 is 19.1 Å². The molecule has 1 amide bonds. The molecule has 9 heteroatoms. The van der Waals surface area contributed by atoms with Crippen LogP contribution in [-0.2, 0) is 14.8 Å². The number of sulfonamides is 1. The largest absolute Gasteiger partial charge is 0.497 e. The van der Waals surface area contributed by atoms with Gasteiger partial charge in [0.25, 0.3) is 10.0 Å². The van der Waals surface area contributed by atoms with E-state index in [4.69, 9.17) is 21.1 Å². The molecule has 0 saturated carbocycles. The molecular formula is C25H27ClN2O5S. The van der Waals surface area contributed by atoms with Crippen LogP contribution in [0.25, 0.3) is 0 Å². The first-order chi connectivity index (χ1) is 16.2. The molecule has 0 radical (unpaired) electrons. The number of rotatable bonds is 10. The molecule has 0 aliphatic heterocycles. The summed E-state index contributed by atoms with van der Waals surface area (Å²) in [6, 6.07) is 19.3. The summed E-state index contributed by atoms with van der Waals surface area (Å²) in [5.74, 6) is 0.816. The Morgan fingerprint density at radius 3 is 2.12 bits per heavy atom. The van der Waals surface area contributed by atoms with Crippen LogP contribution in [-0.4, -0.2) is 34.6 Å². The van der Waals surface area contributed by atoms with E-state index in [2.05, 4.69) is 5.32 Å². The van der Waals surface area contributed by atoms with E-state index in [9.17, 15) is 13.2 Å². The Morgan fingerprint density at radius 1 is 0.971 bits per heavy atom. The second-order valence-electron chi connectivity index (χ2n) is 7.45. The minimum absolute atomic E-state index is 0.0376. The summed E-state index contributed by atoms with van der Waals surface area (Å²) in [6.45, 7) is 3.90. The fourth-order valence-corrected chi connectivity index (χ4v) is 4.86. The first-order valence-electron chi connectivity index (χ1n) is 10.7. The fraction of sp³-hybridized carbons (Fsp3) is 0.240. The van der Waals surface area contributed by atoms with Crippen LogP contribution in [0.2, 0.25) is 5.02 Å². The standard InChI is InChI=1S/C25H27ClN2O5S/c1-4-33-23-11-5-19(6-12-23)18(2)27-25(29)17-28(21-9-7-20(26)8-10-21)34(30,31)24-15-13-22(32-3)14-16-24/h5-16,18H,4,17H2,1-3H3,(H,27,29)/t18-/m0/s1. The number of nitrogens with one attached hydrogen (secondary N) is 1. The summed E-state index contributed by atoms with van der Waals surface area (Å²) in [5.41, 5.74) is 1.19. The number of hydrogen-bond acceptors (Lipinski definition) is 5. The molecular weight excluding hydrogens is 476 g/mol. The number of benzene rings is 3. The predicted octanol–water partition coefficient (Wildman–Crippen LogP) is 4.82. The minimum Gasteiger partial charge on any atom is -0.497 e. The van der Waals surface area contributed by atoms with Crippen LogP contribution in [0.3, 0.4) is 0 Å². The highest BCUT2D eigenvalue weighted by Crippen LogP contribution is 2.26. The lowest BCUT2D eigenvalue weighted by atomic mass is 10.1. The van der Waals surface area contributed by atoms with Crippen LogP contribution in [0.1, 0.15) is 25.5 Å². The van der Waals surface area contributed by atoms with Gasteiger partial charge in [0.2, 0.25) is 5.91 Å². The summed E-state index contributed by atoms with van der Waals surface area (Å²) in [7, 11) is -2.54. The van der Waals surface area contributed by atoms with Crippen molar-refractivity contribution in [3.8, 4) is 11.5 Å². The number of nitrogens with zero attached hydrogens (tertiary/aromatic N) is 1. The molecule has 0 fully saturated rings. The number of hydrogen-bond donors (Lipinski definition) is 1. The van der Waals surface area contributed by atoms with Crippen LogP contribution in [0.5, 0.6) is 11.5 Å². The Morgan fingerprint density at radius 2 is 1.56 bits per heavy atom. The van der Waals surface area contributed by atoms with E-state index in [1.165, 1.54) is 19.2 Å². The van der Waals surface area contributed by atoms with E-state index < -0.39 is 22.5 Å². The van der Waals surface area contributed by atoms with Gasteiger partial charge in [0.15, 0.2) is 0 Å². The van der Waals surface area contributed by atoms with Crippen molar-refractivity contribution < 1.29 is 22.7 Å². The maximum Gasteiger partial charge on any atom is 0.264 e. The Kier molecular flexibility index (Phi) is 8.41. The first-order valence-corrected chi connectivity index (χ1v) is 12.5. The van der Waals surface area contributed by atoms with Gasteiger partial charge in [-0.2, -0.15) is 0 Å². The topological polar surface area (TPSA) is 84.9 Å². The summed E-state index contributed by atoms with van der Waals surface area (Å²) in [6.07, 6.45) is 0. The summed E-state index contributed by atoms with van der Waals surface area (Å²) in [5, 5.41) is 3.33. The predicted molar refractivity (Wildman–Crippen MR) is 133 cm³/mol.